The Morgan fingerprint density at radius 3 is 1.34 bits per heavy atom. The van der Waals surface area contributed by atoms with Crippen LogP contribution in [0.1, 0.15) is 88.5 Å². The average Bonchev–Trinajstić information content (AvgIpc) is 3.81. The predicted octanol–water partition coefficient (Wildman–Crippen LogP) is 6.55. The smallest absolute Gasteiger partial charge is 0.348 e. The van der Waals surface area contributed by atoms with E-state index in [0.717, 1.165) is 52.4 Å². The Bertz CT molecular complexity index is 2330. The minimum atomic E-state index is -0.390. The first-order chi connectivity index (χ1) is 28.9. The van der Waals surface area contributed by atoms with E-state index < -0.39 is 5.69 Å². The van der Waals surface area contributed by atoms with Crippen LogP contribution in [0.25, 0.3) is 34.2 Å². The lowest BCUT2D eigenvalue weighted by Gasteiger charge is -2.27. The Labute approximate surface area is 356 Å². The van der Waals surface area contributed by atoms with Gasteiger partial charge in [0, 0.05) is 51.4 Å². The lowest BCUT2D eigenvalue weighted by atomic mass is 9.98. The van der Waals surface area contributed by atoms with E-state index >= 15 is 0 Å². The Kier molecular flexibility index (Phi) is 14.2. The van der Waals surface area contributed by atoms with E-state index in [4.69, 9.17) is 0 Å². The normalized spacial score (nSPS) is 14.8. The van der Waals surface area contributed by atoms with Crippen molar-refractivity contribution in [2.45, 2.75) is 79.3 Å². The van der Waals surface area contributed by atoms with Crippen molar-refractivity contribution >= 4 is 0 Å². The molecule has 0 aliphatic carbocycles. The van der Waals surface area contributed by atoms with Crippen LogP contribution in [0.3, 0.4) is 0 Å². The summed E-state index contributed by atoms with van der Waals surface area (Å²) < 4.78 is 2.88. The molecule has 15 heteroatoms. The highest BCUT2D eigenvalue weighted by molar-refractivity contribution is 5.70. The summed E-state index contributed by atoms with van der Waals surface area (Å²) in [6, 6.07) is 21.6. The highest BCUT2D eigenvalue weighted by Crippen LogP contribution is 2.38. The van der Waals surface area contributed by atoms with Crippen molar-refractivity contribution in [1.29, 1.82) is 0 Å². The van der Waals surface area contributed by atoms with Gasteiger partial charge in [-0.05, 0) is 96.4 Å². The van der Waals surface area contributed by atoms with Gasteiger partial charge in [0.15, 0.2) is 11.6 Å². The van der Waals surface area contributed by atoms with E-state index in [2.05, 4.69) is 35.5 Å². The molecule has 8 rings (SSSR count). The summed E-state index contributed by atoms with van der Waals surface area (Å²) in [7, 11) is 0. The van der Waals surface area contributed by atoms with Gasteiger partial charge < -0.3 is 25.7 Å². The van der Waals surface area contributed by atoms with E-state index in [1.54, 1.807) is 12.1 Å². The zero-order valence-electron chi connectivity index (χ0n) is 34.6. The first-order valence-corrected chi connectivity index (χ1v) is 20.7. The van der Waals surface area contributed by atoms with Crippen molar-refractivity contribution in [2.24, 2.45) is 0 Å². The number of rotatable bonds is 10. The number of likely N-dealkylation sites (tertiary alicyclic amines) is 1. The van der Waals surface area contributed by atoms with Gasteiger partial charge in [-0.25, -0.2) is 28.9 Å². The molecule has 2 aliphatic rings. The topological polar surface area (TPSA) is 201 Å². The fourth-order valence-corrected chi connectivity index (χ4v) is 7.91. The number of aromatic amines is 2. The molecule has 0 radical (unpaired) electrons. The first-order valence-electron chi connectivity index (χ1n) is 20.7. The third-order valence-electron chi connectivity index (χ3n) is 11.2. The number of hydrogen-bond donors (Lipinski definition) is 7. The molecule has 2 fully saturated rings. The van der Waals surface area contributed by atoms with Crippen molar-refractivity contribution in [3.8, 4) is 57.1 Å². The molecule has 2 aliphatic heterocycles. The molecule has 2 saturated heterocycles. The third kappa shape index (κ3) is 10.1. The zero-order chi connectivity index (χ0) is 42.5. The van der Waals surface area contributed by atoms with Crippen molar-refractivity contribution in [1.82, 2.24) is 44.6 Å². The Morgan fingerprint density at radius 2 is 0.951 bits per heavy atom. The molecule has 4 aromatic carbocycles. The summed E-state index contributed by atoms with van der Waals surface area (Å²) in [6.45, 7) is 15.9. The number of nitrogens with one attached hydrogen (secondary N) is 3. The molecular weight excluding hydrogens is 775 g/mol. The Balaban J connectivity index is 0.000000201. The molecule has 0 unspecified atom stereocenters. The van der Waals surface area contributed by atoms with E-state index in [1.807, 2.05) is 76.2 Å². The molecule has 7 N–H and O–H groups in total. The summed E-state index contributed by atoms with van der Waals surface area (Å²) in [4.78, 5) is 29.9. The molecule has 15 nitrogen and oxygen atoms in total. The van der Waals surface area contributed by atoms with Gasteiger partial charge in [-0.15, -0.1) is 0 Å². The molecule has 0 bridgehead atoms. The van der Waals surface area contributed by atoms with Crippen LogP contribution in [0.5, 0.6) is 23.0 Å². The number of hydrogen-bond acceptors (Lipinski definition) is 11. The quantitative estimate of drug-likeness (QED) is 0.0790. The average molecular weight is 834 g/mol. The Hall–Kier alpha value is -6.16. The van der Waals surface area contributed by atoms with Crippen LogP contribution < -0.4 is 16.7 Å². The maximum absolute atomic E-state index is 12.5. The van der Waals surface area contributed by atoms with Crippen LogP contribution in [0, 0.1) is 0 Å². The van der Waals surface area contributed by atoms with Crippen molar-refractivity contribution in [2.75, 3.05) is 39.3 Å². The number of H-pyrrole nitrogens is 2. The van der Waals surface area contributed by atoms with Crippen LogP contribution >= 0.6 is 0 Å². The molecule has 2 aromatic heterocycles. The number of phenolic OH excluding ortho intramolecular Hbond substituents is 4. The minimum Gasteiger partial charge on any atom is -0.508 e. The van der Waals surface area contributed by atoms with Gasteiger partial charge in [-0.1, -0.05) is 65.8 Å². The zero-order valence-corrected chi connectivity index (χ0v) is 34.6. The lowest BCUT2D eigenvalue weighted by Crippen LogP contribution is -2.42. The predicted molar refractivity (Wildman–Crippen MR) is 238 cm³/mol. The number of nitrogens with zero attached hydrogens (tertiary/aromatic N) is 6. The van der Waals surface area contributed by atoms with Gasteiger partial charge in [0.1, 0.15) is 23.0 Å². The number of aromatic nitrogens is 6. The highest BCUT2D eigenvalue weighted by atomic mass is 16.3. The van der Waals surface area contributed by atoms with E-state index in [1.165, 1.54) is 51.7 Å². The molecule has 61 heavy (non-hydrogen) atoms. The summed E-state index contributed by atoms with van der Waals surface area (Å²) in [5.74, 6) is 0.500. The van der Waals surface area contributed by atoms with Crippen LogP contribution in [0.4, 0.5) is 0 Å². The van der Waals surface area contributed by atoms with Crippen LogP contribution in [0.2, 0.25) is 0 Å². The maximum Gasteiger partial charge on any atom is 0.348 e. The second-order valence-corrected chi connectivity index (χ2v) is 16.2. The second-order valence-electron chi connectivity index (χ2n) is 16.2. The fraction of sp³-hybridized carbons (Fsp3) is 0.391. The third-order valence-corrected chi connectivity index (χ3v) is 11.2. The van der Waals surface area contributed by atoms with Gasteiger partial charge in [0.2, 0.25) is 0 Å². The molecule has 4 heterocycles. The number of piperazine rings is 1. The summed E-state index contributed by atoms with van der Waals surface area (Å²) in [5, 5.41) is 57.7. The van der Waals surface area contributed by atoms with Crippen molar-refractivity contribution in [3.63, 3.8) is 0 Å². The van der Waals surface area contributed by atoms with Gasteiger partial charge in [-0.2, -0.15) is 10.2 Å². The number of aromatic hydroxyl groups is 4. The summed E-state index contributed by atoms with van der Waals surface area (Å²) >= 11 is 0. The van der Waals surface area contributed by atoms with Crippen LogP contribution in [0.15, 0.2) is 82.4 Å². The van der Waals surface area contributed by atoms with Gasteiger partial charge in [0.25, 0.3) is 0 Å². The van der Waals surface area contributed by atoms with Gasteiger partial charge in [-0.3, -0.25) is 9.80 Å². The molecule has 0 amide bonds. The standard InChI is InChI=1S/C23H28N4O3.C22H27N5O3.CH4/c1-15(2)18-12-19(21(29)13-20(18)28)22-24-25-23(30)27(22)17-8-6-16(7-9-17)14-26-10-4-3-5-11-26;1-14(2)17-11-18(20(29)12-19(17)28)21-24-25-22(30)27(21)16-5-3-15(4-6-16)13-26-9-7-23-8-10-26;/h6-9,12-13,15,28-29H,3-5,10-11,14H2,1-2H3,(H,25,30);3-6,11-12,14,23,28-29H,7-10,13H2,1-2H3,(H,25,30);1H4. The molecule has 0 saturated carbocycles. The SMILES string of the molecule is C.CC(C)c1cc(-c2n[nH]c(=O)n2-c2ccc(CN3CCCCC3)cc2)c(O)cc1O.CC(C)c1cc(-c2n[nH]c(=O)n2-c2ccc(CN3CCNCC3)cc2)c(O)cc1O. The minimum absolute atomic E-state index is 0. The summed E-state index contributed by atoms with van der Waals surface area (Å²) in [6.07, 6.45) is 3.81. The number of piperidine rings is 1. The largest absolute Gasteiger partial charge is 0.508 e. The molecule has 0 spiro atoms. The number of phenols is 4. The molecule has 324 valence electrons. The molecule has 6 aromatic rings. The second kappa shape index (κ2) is 19.5. The van der Waals surface area contributed by atoms with E-state index in [-0.39, 0.29) is 48.0 Å². The first kappa shape index (κ1) is 44.4. The van der Waals surface area contributed by atoms with Crippen molar-refractivity contribution in [3.05, 3.63) is 116 Å². The van der Waals surface area contributed by atoms with Gasteiger partial charge >= 0.3 is 11.4 Å². The van der Waals surface area contributed by atoms with E-state index in [0.29, 0.717) is 45.3 Å². The number of benzene rings is 4. The van der Waals surface area contributed by atoms with E-state index in [9.17, 15) is 30.0 Å². The maximum atomic E-state index is 12.5. The fourth-order valence-electron chi connectivity index (χ4n) is 7.91. The van der Waals surface area contributed by atoms with Gasteiger partial charge in [0.05, 0.1) is 22.5 Å². The van der Waals surface area contributed by atoms with Crippen LogP contribution in [-0.2, 0) is 13.1 Å². The molecule has 0 atom stereocenters. The monoisotopic (exact) mass is 833 g/mol. The molecular formula is C46H59N9O6. The highest BCUT2D eigenvalue weighted by Gasteiger charge is 2.22. The van der Waals surface area contributed by atoms with Crippen LogP contribution in [-0.4, -0.2) is 99.0 Å². The summed E-state index contributed by atoms with van der Waals surface area (Å²) in [5.41, 5.74) is 5.08. The lowest BCUT2D eigenvalue weighted by molar-refractivity contribution is 0.221. The Morgan fingerprint density at radius 1 is 0.557 bits per heavy atom. The van der Waals surface area contributed by atoms with Crippen molar-refractivity contribution < 1.29 is 20.4 Å².